The maximum atomic E-state index is 11.8. The van der Waals surface area contributed by atoms with Gasteiger partial charge in [0.05, 0.1) is 23.5 Å². The number of rotatable bonds is 5. The minimum atomic E-state index is -0.389. The van der Waals surface area contributed by atoms with E-state index >= 15 is 0 Å². The van der Waals surface area contributed by atoms with Gasteiger partial charge in [0.2, 0.25) is 0 Å². The summed E-state index contributed by atoms with van der Waals surface area (Å²) < 4.78 is 4.99. The Bertz CT molecular complexity index is 608. The molecule has 0 unspecified atom stereocenters. The number of carbonyl (C=O) groups excluding carboxylic acids is 1. The maximum Gasteiger partial charge on any atom is 0.340 e. The fourth-order valence-electron chi connectivity index (χ4n) is 1.86. The molecule has 0 amide bonds. The number of aryl methyl sites for hydroxylation is 1. The van der Waals surface area contributed by atoms with E-state index in [2.05, 4.69) is 23.0 Å². The number of hydrogen-bond acceptors (Lipinski definition) is 5. The summed E-state index contributed by atoms with van der Waals surface area (Å²) in [6, 6.07) is 5.33. The molecule has 0 saturated carbocycles. The zero-order valence-electron chi connectivity index (χ0n) is 11.6. The Balaban J connectivity index is 2.14. The third-order valence-electron chi connectivity index (χ3n) is 3.03. The van der Waals surface area contributed by atoms with Gasteiger partial charge in [0.25, 0.3) is 0 Å². The van der Waals surface area contributed by atoms with E-state index in [-0.39, 0.29) is 5.97 Å². The molecule has 0 aliphatic rings. The molecular formula is C15H18N2O2S. The van der Waals surface area contributed by atoms with E-state index < -0.39 is 0 Å². The van der Waals surface area contributed by atoms with Crippen LogP contribution in [0.3, 0.4) is 0 Å². The number of para-hydroxylation sites is 1. The molecular weight excluding hydrogens is 272 g/mol. The summed E-state index contributed by atoms with van der Waals surface area (Å²) in [5.74, 6) is -0.389. The van der Waals surface area contributed by atoms with Crippen molar-refractivity contribution in [3.05, 3.63) is 45.6 Å². The number of carbonyl (C=O) groups is 1. The Kier molecular flexibility index (Phi) is 4.63. The van der Waals surface area contributed by atoms with Crippen LogP contribution >= 0.6 is 11.3 Å². The number of hydrogen-bond donors (Lipinski definition) is 2. The SMILES string of the molecule is CCOC(=O)c1cccc(NCc2cscc2C)c1N. The van der Waals surface area contributed by atoms with E-state index in [0.717, 1.165) is 5.69 Å². The zero-order valence-corrected chi connectivity index (χ0v) is 12.4. The predicted octanol–water partition coefficient (Wildman–Crippen LogP) is 3.43. The van der Waals surface area contributed by atoms with Crippen molar-refractivity contribution in [3.8, 4) is 0 Å². The van der Waals surface area contributed by atoms with Gasteiger partial charge in [-0.05, 0) is 47.9 Å². The van der Waals surface area contributed by atoms with E-state index in [1.165, 1.54) is 11.1 Å². The van der Waals surface area contributed by atoms with Gasteiger partial charge in [-0.25, -0.2) is 4.79 Å². The number of anilines is 2. The molecule has 106 valence electrons. The van der Waals surface area contributed by atoms with Crippen molar-refractivity contribution in [1.82, 2.24) is 0 Å². The molecule has 0 bridgehead atoms. The Hall–Kier alpha value is -2.01. The summed E-state index contributed by atoms with van der Waals surface area (Å²) in [6.45, 7) is 4.87. The van der Waals surface area contributed by atoms with Gasteiger partial charge in [-0.3, -0.25) is 0 Å². The molecule has 3 N–H and O–H groups in total. The maximum absolute atomic E-state index is 11.8. The predicted molar refractivity (Wildman–Crippen MR) is 83.2 cm³/mol. The largest absolute Gasteiger partial charge is 0.462 e. The fourth-order valence-corrected chi connectivity index (χ4v) is 2.72. The molecule has 4 nitrogen and oxygen atoms in total. The smallest absolute Gasteiger partial charge is 0.340 e. The van der Waals surface area contributed by atoms with Crippen LogP contribution in [0.1, 0.15) is 28.4 Å². The van der Waals surface area contributed by atoms with E-state index in [0.29, 0.717) is 24.4 Å². The molecule has 0 aliphatic heterocycles. The molecule has 1 heterocycles. The van der Waals surface area contributed by atoms with Crippen LogP contribution in [0.15, 0.2) is 29.0 Å². The molecule has 0 saturated heterocycles. The number of benzene rings is 1. The summed E-state index contributed by atoms with van der Waals surface area (Å²) in [6.07, 6.45) is 0. The standard InChI is InChI=1S/C15H18N2O2S/c1-3-19-15(18)12-5-4-6-13(14(12)16)17-7-11-9-20-8-10(11)2/h4-6,8-9,17H,3,7,16H2,1-2H3. The second-order valence-corrected chi connectivity index (χ2v) is 5.16. The fraction of sp³-hybridized carbons (Fsp3) is 0.267. The van der Waals surface area contributed by atoms with Gasteiger partial charge in [0, 0.05) is 6.54 Å². The highest BCUT2D eigenvalue weighted by Gasteiger charge is 2.13. The lowest BCUT2D eigenvalue weighted by molar-refractivity contribution is 0.0527. The first-order chi connectivity index (χ1) is 9.63. The van der Waals surface area contributed by atoms with Crippen molar-refractivity contribution in [2.45, 2.75) is 20.4 Å². The first-order valence-electron chi connectivity index (χ1n) is 6.44. The van der Waals surface area contributed by atoms with Gasteiger partial charge in [-0.2, -0.15) is 11.3 Å². The van der Waals surface area contributed by atoms with Crippen molar-refractivity contribution < 1.29 is 9.53 Å². The molecule has 0 aliphatic carbocycles. The highest BCUT2D eigenvalue weighted by atomic mass is 32.1. The topological polar surface area (TPSA) is 64.3 Å². The summed E-state index contributed by atoms with van der Waals surface area (Å²) in [4.78, 5) is 11.8. The summed E-state index contributed by atoms with van der Waals surface area (Å²) >= 11 is 1.67. The van der Waals surface area contributed by atoms with Crippen LogP contribution in [0.25, 0.3) is 0 Å². The number of thiophene rings is 1. The third-order valence-corrected chi connectivity index (χ3v) is 3.94. The summed E-state index contributed by atoms with van der Waals surface area (Å²) in [5.41, 5.74) is 10.1. The highest BCUT2D eigenvalue weighted by Crippen LogP contribution is 2.25. The van der Waals surface area contributed by atoms with Gasteiger partial charge in [0.1, 0.15) is 0 Å². The molecule has 0 fully saturated rings. The molecule has 20 heavy (non-hydrogen) atoms. The first-order valence-corrected chi connectivity index (χ1v) is 7.39. The number of nitrogens with two attached hydrogens (primary N) is 1. The lowest BCUT2D eigenvalue weighted by Crippen LogP contribution is -2.10. The summed E-state index contributed by atoms with van der Waals surface area (Å²) in [7, 11) is 0. The minimum absolute atomic E-state index is 0.337. The molecule has 2 rings (SSSR count). The number of esters is 1. The van der Waals surface area contributed by atoms with Crippen LogP contribution in [0.4, 0.5) is 11.4 Å². The van der Waals surface area contributed by atoms with Crippen LogP contribution in [-0.2, 0) is 11.3 Å². The molecule has 0 atom stereocenters. The highest BCUT2D eigenvalue weighted by molar-refractivity contribution is 7.08. The van der Waals surface area contributed by atoms with Crippen LogP contribution in [-0.4, -0.2) is 12.6 Å². The van der Waals surface area contributed by atoms with Crippen LogP contribution < -0.4 is 11.1 Å². The normalized spacial score (nSPS) is 10.3. The van der Waals surface area contributed by atoms with Crippen LogP contribution in [0.5, 0.6) is 0 Å². The van der Waals surface area contributed by atoms with Crippen molar-refractivity contribution in [2.24, 2.45) is 0 Å². The van der Waals surface area contributed by atoms with E-state index in [4.69, 9.17) is 10.5 Å². The number of nitrogens with one attached hydrogen (secondary N) is 1. The Morgan fingerprint density at radius 1 is 1.40 bits per heavy atom. The molecule has 1 aromatic carbocycles. The second-order valence-electron chi connectivity index (χ2n) is 4.42. The first kappa shape index (κ1) is 14.4. The van der Waals surface area contributed by atoms with Crippen LogP contribution in [0, 0.1) is 6.92 Å². The second kappa shape index (κ2) is 6.43. The minimum Gasteiger partial charge on any atom is -0.462 e. The number of nitrogen functional groups attached to an aromatic ring is 1. The van der Waals surface area contributed by atoms with E-state index in [1.807, 2.05) is 6.07 Å². The van der Waals surface area contributed by atoms with Crippen molar-refractivity contribution in [2.75, 3.05) is 17.7 Å². The summed E-state index contributed by atoms with van der Waals surface area (Å²) in [5, 5.41) is 7.48. The lowest BCUT2D eigenvalue weighted by atomic mass is 10.1. The van der Waals surface area contributed by atoms with E-state index in [1.54, 1.807) is 30.4 Å². The van der Waals surface area contributed by atoms with Gasteiger partial charge in [-0.1, -0.05) is 6.07 Å². The van der Waals surface area contributed by atoms with Gasteiger partial charge in [0.15, 0.2) is 0 Å². The molecule has 2 aromatic rings. The zero-order chi connectivity index (χ0) is 14.5. The molecule has 0 spiro atoms. The Morgan fingerprint density at radius 2 is 2.20 bits per heavy atom. The van der Waals surface area contributed by atoms with E-state index in [9.17, 15) is 4.79 Å². The van der Waals surface area contributed by atoms with Crippen molar-refractivity contribution in [1.29, 1.82) is 0 Å². The average Bonchev–Trinajstić information content (AvgIpc) is 2.83. The quantitative estimate of drug-likeness (QED) is 0.654. The van der Waals surface area contributed by atoms with Gasteiger partial charge >= 0.3 is 5.97 Å². The average molecular weight is 290 g/mol. The van der Waals surface area contributed by atoms with Crippen molar-refractivity contribution >= 4 is 28.7 Å². The van der Waals surface area contributed by atoms with Gasteiger partial charge in [-0.15, -0.1) is 0 Å². The molecule has 5 heteroatoms. The Labute approximate surface area is 122 Å². The lowest BCUT2D eigenvalue weighted by Gasteiger charge is -2.12. The monoisotopic (exact) mass is 290 g/mol. The van der Waals surface area contributed by atoms with Crippen molar-refractivity contribution in [3.63, 3.8) is 0 Å². The third kappa shape index (κ3) is 3.11. The molecule has 1 aromatic heterocycles. The molecule has 0 radical (unpaired) electrons. The van der Waals surface area contributed by atoms with Crippen LogP contribution in [0.2, 0.25) is 0 Å². The Morgan fingerprint density at radius 3 is 2.85 bits per heavy atom. The number of ether oxygens (including phenoxy) is 1. The van der Waals surface area contributed by atoms with Gasteiger partial charge < -0.3 is 15.8 Å².